The Bertz CT molecular complexity index is 681. The van der Waals surface area contributed by atoms with E-state index in [2.05, 4.69) is 10.3 Å². The highest BCUT2D eigenvalue weighted by Crippen LogP contribution is 2.31. The summed E-state index contributed by atoms with van der Waals surface area (Å²) in [6.45, 7) is 3.51. The third-order valence-corrected chi connectivity index (χ3v) is 5.34. The molecule has 0 atom stereocenters. The van der Waals surface area contributed by atoms with E-state index in [9.17, 15) is 4.79 Å². The highest BCUT2D eigenvalue weighted by molar-refractivity contribution is 7.13. The van der Waals surface area contributed by atoms with Crippen molar-refractivity contribution in [1.82, 2.24) is 4.98 Å². The van der Waals surface area contributed by atoms with Gasteiger partial charge in [0.05, 0.1) is 5.41 Å². The topological polar surface area (TPSA) is 77.2 Å². The molecule has 1 aromatic heterocycles. The SMILES string of the molecule is Cc1csc(-c2ccc(NC(=O)C3(CN)CCOCC3)cc2)n1.Cl. The molecular formula is C17H22ClN3O2S. The number of nitrogens with zero attached hydrogens (tertiary/aromatic N) is 1. The highest BCUT2D eigenvalue weighted by Gasteiger charge is 2.38. The van der Waals surface area contributed by atoms with Crippen molar-refractivity contribution in [3.05, 3.63) is 35.3 Å². The van der Waals surface area contributed by atoms with E-state index < -0.39 is 5.41 Å². The Balaban J connectivity index is 0.00000208. The van der Waals surface area contributed by atoms with Crippen LogP contribution in [0.3, 0.4) is 0 Å². The maximum absolute atomic E-state index is 12.6. The van der Waals surface area contributed by atoms with Crippen molar-refractivity contribution in [3.8, 4) is 10.6 Å². The lowest BCUT2D eigenvalue weighted by Crippen LogP contribution is -2.46. The molecule has 2 heterocycles. The monoisotopic (exact) mass is 367 g/mol. The number of anilines is 1. The summed E-state index contributed by atoms with van der Waals surface area (Å²) in [5.74, 6) is -0.0128. The van der Waals surface area contributed by atoms with Crippen molar-refractivity contribution >= 4 is 35.3 Å². The van der Waals surface area contributed by atoms with Gasteiger partial charge in [0.15, 0.2) is 0 Å². The quantitative estimate of drug-likeness (QED) is 0.869. The zero-order chi connectivity index (χ0) is 16.3. The van der Waals surface area contributed by atoms with E-state index in [4.69, 9.17) is 10.5 Å². The minimum atomic E-state index is -0.511. The smallest absolute Gasteiger partial charge is 0.232 e. The van der Waals surface area contributed by atoms with E-state index in [1.54, 1.807) is 11.3 Å². The lowest BCUT2D eigenvalue weighted by atomic mass is 9.79. The predicted octanol–water partition coefficient (Wildman–Crippen LogP) is 3.23. The van der Waals surface area contributed by atoms with E-state index in [0.29, 0.717) is 32.6 Å². The number of carbonyl (C=O) groups is 1. The van der Waals surface area contributed by atoms with E-state index in [1.807, 2.05) is 36.6 Å². The largest absolute Gasteiger partial charge is 0.381 e. The number of carbonyl (C=O) groups excluding carboxylic acids is 1. The number of nitrogens with one attached hydrogen (secondary N) is 1. The van der Waals surface area contributed by atoms with Gasteiger partial charge in [0, 0.05) is 42.1 Å². The molecule has 5 nitrogen and oxygen atoms in total. The molecule has 0 radical (unpaired) electrons. The Morgan fingerprint density at radius 1 is 1.33 bits per heavy atom. The number of aryl methyl sites for hydroxylation is 1. The van der Waals surface area contributed by atoms with Crippen LogP contribution >= 0.6 is 23.7 Å². The van der Waals surface area contributed by atoms with Gasteiger partial charge in [-0.3, -0.25) is 4.79 Å². The van der Waals surface area contributed by atoms with Gasteiger partial charge in [-0.1, -0.05) is 0 Å². The Morgan fingerprint density at radius 2 is 2.00 bits per heavy atom. The molecule has 2 aromatic rings. The number of aromatic nitrogens is 1. The van der Waals surface area contributed by atoms with Crippen molar-refractivity contribution in [2.24, 2.45) is 11.1 Å². The van der Waals surface area contributed by atoms with Crippen molar-refractivity contribution in [2.75, 3.05) is 25.1 Å². The molecule has 24 heavy (non-hydrogen) atoms. The van der Waals surface area contributed by atoms with E-state index in [0.717, 1.165) is 22.0 Å². The van der Waals surface area contributed by atoms with Crippen LogP contribution in [0.25, 0.3) is 10.6 Å². The summed E-state index contributed by atoms with van der Waals surface area (Å²) in [4.78, 5) is 17.1. The van der Waals surface area contributed by atoms with Gasteiger partial charge in [0.1, 0.15) is 5.01 Å². The van der Waals surface area contributed by atoms with Crippen LogP contribution in [-0.4, -0.2) is 30.6 Å². The summed E-state index contributed by atoms with van der Waals surface area (Å²) in [7, 11) is 0. The van der Waals surface area contributed by atoms with Gasteiger partial charge in [-0.15, -0.1) is 23.7 Å². The first-order valence-corrected chi connectivity index (χ1v) is 8.63. The summed E-state index contributed by atoms with van der Waals surface area (Å²) in [6.07, 6.45) is 1.34. The van der Waals surface area contributed by atoms with Crippen LogP contribution in [0.15, 0.2) is 29.6 Å². The lowest BCUT2D eigenvalue weighted by molar-refractivity contribution is -0.130. The van der Waals surface area contributed by atoms with E-state index in [1.165, 1.54) is 0 Å². The molecule has 0 spiro atoms. The summed E-state index contributed by atoms with van der Waals surface area (Å²) in [6, 6.07) is 7.78. The second kappa shape index (κ2) is 8.07. The maximum atomic E-state index is 12.6. The van der Waals surface area contributed by atoms with Gasteiger partial charge in [-0.05, 0) is 44.0 Å². The van der Waals surface area contributed by atoms with Crippen molar-refractivity contribution in [3.63, 3.8) is 0 Å². The fraction of sp³-hybridized carbons (Fsp3) is 0.412. The number of hydrogen-bond acceptors (Lipinski definition) is 5. The molecule has 3 rings (SSSR count). The van der Waals surface area contributed by atoms with E-state index in [-0.39, 0.29) is 18.3 Å². The first-order chi connectivity index (χ1) is 11.1. The van der Waals surface area contributed by atoms with Crippen LogP contribution in [0, 0.1) is 12.3 Å². The maximum Gasteiger partial charge on any atom is 0.232 e. The number of thiazole rings is 1. The van der Waals surface area contributed by atoms with Crippen LogP contribution < -0.4 is 11.1 Å². The Hall–Kier alpha value is -1.47. The van der Waals surface area contributed by atoms with Crippen LogP contribution in [-0.2, 0) is 9.53 Å². The molecule has 7 heteroatoms. The number of nitrogens with two attached hydrogens (primary N) is 1. The second-order valence-electron chi connectivity index (χ2n) is 5.92. The van der Waals surface area contributed by atoms with Gasteiger partial charge < -0.3 is 15.8 Å². The minimum Gasteiger partial charge on any atom is -0.381 e. The van der Waals surface area contributed by atoms with Crippen LogP contribution in [0.1, 0.15) is 18.5 Å². The summed E-state index contributed by atoms with van der Waals surface area (Å²) in [5, 5.41) is 6.01. The Labute approximate surface area is 152 Å². The highest BCUT2D eigenvalue weighted by atomic mass is 35.5. The molecule has 1 fully saturated rings. The standard InChI is InChI=1S/C17H21N3O2S.ClH/c1-12-10-23-15(19-12)13-2-4-14(5-3-13)20-16(21)17(11-18)6-8-22-9-7-17;/h2-5,10H,6-9,11,18H2,1H3,(H,20,21);1H. The van der Waals surface area contributed by atoms with Crippen molar-refractivity contribution in [2.45, 2.75) is 19.8 Å². The zero-order valence-corrected chi connectivity index (χ0v) is 15.2. The third kappa shape index (κ3) is 3.95. The molecular weight excluding hydrogens is 346 g/mol. The molecule has 0 aliphatic carbocycles. The molecule has 1 aliphatic rings. The Kier molecular flexibility index (Phi) is 6.34. The number of halogens is 1. The second-order valence-corrected chi connectivity index (χ2v) is 6.78. The number of ether oxygens (including phenoxy) is 1. The number of amides is 1. The first-order valence-electron chi connectivity index (χ1n) is 7.75. The number of hydrogen-bond donors (Lipinski definition) is 2. The summed E-state index contributed by atoms with van der Waals surface area (Å²) < 4.78 is 5.35. The third-order valence-electron chi connectivity index (χ3n) is 4.33. The van der Waals surface area contributed by atoms with Gasteiger partial charge in [0.25, 0.3) is 0 Å². The average molecular weight is 368 g/mol. The number of benzene rings is 1. The van der Waals surface area contributed by atoms with Gasteiger partial charge in [0.2, 0.25) is 5.91 Å². The first kappa shape index (κ1) is 18.9. The van der Waals surface area contributed by atoms with Crippen LogP contribution in [0.2, 0.25) is 0 Å². The van der Waals surface area contributed by atoms with Crippen molar-refractivity contribution < 1.29 is 9.53 Å². The minimum absolute atomic E-state index is 0. The van der Waals surface area contributed by atoms with Crippen LogP contribution in [0.5, 0.6) is 0 Å². The average Bonchev–Trinajstić information content (AvgIpc) is 3.02. The molecule has 3 N–H and O–H groups in total. The summed E-state index contributed by atoms with van der Waals surface area (Å²) in [5.41, 5.74) is 8.22. The molecule has 1 saturated heterocycles. The molecule has 1 amide bonds. The molecule has 1 aromatic carbocycles. The molecule has 130 valence electrons. The van der Waals surface area contributed by atoms with Gasteiger partial charge in [-0.25, -0.2) is 4.98 Å². The van der Waals surface area contributed by atoms with Crippen LogP contribution in [0.4, 0.5) is 5.69 Å². The molecule has 0 saturated carbocycles. The Morgan fingerprint density at radius 3 is 2.54 bits per heavy atom. The fourth-order valence-electron chi connectivity index (χ4n) is 2.73. The predicted molar refractivity (Wildman–Crippen MR) is 99.7 cm³/mol. The van der Waals surface area contributed by atoms with Crippen molar-refractivity contribution in [1.29, 1.82) is 0 Å². The zero-order valence-electron chi connectivity index (χ0n) is 13.6. The fourth-order valence-corrected chi connectivity index (χ4v) is 3.54. The normalized spacial score (nSPS) is 16.2. The lowest BCUT2D eigenvalue weighted by Gasteiger charge is -2.34. The van der Waals surface area contributed by atoms with Gasteiger partial charge >= 0.3 is 0 Å². The molecule has 0 bridgehead atoms. The number of rotatable bonds is 4. The van der Waals surface area contributed by atoms with E-state index >= 15 is 0 Å². The summed E-state index contributed by atoms with van der Waals surface area (Å²) >= 11 is 1.62. The molecule has 1 aliphatic heterocycles. The van der Waals surface area contributed by atoms with Gasteiger partial charge in [-0.2, -0.15) is 0 Å². The molecule has 0 unspecified atom stereocenters.